The summed E-state index contributed by atoms with van der Waals surface area (Å²) < 4.78 is 25.1. The minimum absolute atomic E-state index is 0.319. The van der Waals surface area contributed by atoms with E-state index in [0.29, 0.717) is 34.8 Å². The van der Waals surface area contributed by atoms with Gasteiger partial charge in [0.05, 0.1) is 16.3 Å². The van der Waals surface area contributed by atoms with Crippen molar-refractivity contribution in [1.82, 2.24) is 9.71 Å². The Morgan fingerprint density at radius 1 is 1.19 bits per heavy atom. The summed E-state index contributed by atoms with van der Waals surface area (Å²) in [5.74, 6) is 0.973. The van der Waals surface area contributed by atoms with E-state index in [-0.39, 0.29) is 0 Å². The van der Waals surface area contributed by atoms with E-state index in [0.717, 1.165) is 6.26 Å². The minimum Gasteiger partial charge on any atom is -0.369 e. The van der Waals surface area contributed by atoms with Gasteiger partial charge in [-0.05, 0) is 26.8 Å². The van der Waals surface area contributed by atoms with Crippen LogP contribution in [0.4, 0.5) is 11.6 Å². The molecule has 0 amide bonds. The molecule has 0 radical (unpaired) electrons. The third-order valence-electron chi connectivity index (χ3n) is 2.43. The van der Waals surface area contributed by atoms with Crippen LogP contribution in [0.1, 0.15) is 20.8 Å². The number of pyridine rings is 1. The molecule has 21 heavy (non-hydrogen) atoms. The first-order valence-electron chi connectivity index (χ1n) is 6.37. The van der Waals surface area contributed by atoms with E-state index in [1.807, 2.05) is 6.92 Å². The summed E-state index contributed by atoms with van der Waals surface area (Å²) in [6.07, 6.45) is 1.12. The fourth-order valence-corrected chi connectivity index (χ4v) is 3.29. The van der Waals surface area contributed by atoms with Crippen LogP contribution in [0.3, 0.4) is 0 Å². The summed E-state index contributed by atoms with van der Waals surface area (Å²) in [5, 5.41) is 6.86. The first kappa shape index (κ1) is 18.3. The van der Waals surface area contributed by atoms with Gasteiger partial charge >= 0.3 is 0 Å². The van der Waals surface area contributed by atoms with Crippen molar-refractivity contribution in [2.24, 2.45) is 0 Å². The molecule has 1 aromatic rings. The highest BCUT2D eigenvalue weighted by molar-refractivity contribution is 7.88. The molecule has 0 unspecified atom stereocenters. The minimum atomic E-state index is -3.30. The molecule has 1 heterocycles. The molecule has 0 fully saturated rings. The zero-order valence-electron chi connectivity index (χ0n) is 12.4. The maximum absolute atomic E-state index is 11.3. The third-order valence-corrected chi connectivity index (χ3v) is 3.93. The van der Waals surface area contributed by atoms with Gasteiger partial charge in [0.1, 0.15) is 11.6 Å². The first-order valence-corrected chi connectivity index (χ1v) is 9.01. The SMILES string of the molecule is CCNc1nc(NCC(C)(C)NS(C)(=O)=O)c(Cl)cc1Cl. The number of rotatable bonds is 7. The van der Waals surface area contributed by atoms with Gasteiger partial charge in [-0.2, -0.15) is 0 Å². The van der Waals surface area contributed by atoms with Gasteiger partial charge in [-0.3, -0.25) is 0 Å². The van der Waals surface area contributed by atoms with E-state index in [4.69, 9.17) is 23.2 Å². The average Bonchev–Trinajstić information content (AvgIpc) is 2.28. The summed E-state index contributed by atoms with van der Waals surface area (Å²) in [6.45, 7) is 6.44. The van der Waals surface area contributed by atoms with Gasteiger partial charge in [0.2, 0.25) is 10.0 Å². The van der Waals surface area contributed by atoms with E-state index in [1.165, 1.54) is 0 Å². The zero-order chi connectivity index (χ0) is 16.3. The first-order chi connectivity index (χ1) is 9.54. The highest BCUT2D eigenvalue weighted by Gasteiger charge is 2.22. The van der Waals surface area contributed by atoms with E-state index in [1.54, 1.807) is 19.9 Å². The molecule has 6 nitrogen and oxygen atoms in total. The maximum atomic E-state index is 11.3. The Morgan fingerprint density at radius 3 is 2.19 bits per heavy atom. The number of aromatic nitrogens is 1. The summed E-state index contributed by atoms with van der Waals surface area (Å²) >= 11 is 12.1. The summed E-state index contributed by atoms with van der Waals surface area (Å²) in [7, 11) is -3.30. The van der Waals surface area contributed by atoms with Gasteiger partial charge in [0.15, 0.2) is 0 Å². The second-order valence-electron chi connectivity index (χ2n) is 5.29. The van der Waals surface area contributed by atoms with Gasteiger partial charge in [0, 0.05) is 18.6 Å². The fraction of sp³-hybridized carbons (Fsp3) is 0.583. The van der Waals surface area contributed by atoms with Crippen LogP contribution in [0.2, 0.25) is 10.0 Å². The largest absolute Gasteiger partial charge is 0.369 e. The molecule has 0 spiro atoms. The Bertz CT molecular complexity index is 606. The van der Waals surface area contributed by atoms with Crippen LogP contribution in [0, 0.1) is 0 Å². The molecule has 0 aliphatic heterocycles. The van der Waals surface area contributed by atoms with Crippen molar-refractivity contribution in [1.29, 1.82) is 0 Å². The van der Waals surface area contributed by atoms with Crippen LogP contribution >= 0.6 is 23.2 Å². The number of anilines is 2. The predicted octanol–water partition coefficient (Wildman–Crippen LogP) is 2.56. The lowest BCUT2D eigenvalue weighted by atomic mass is 10.1. The molecule has 0 bridgehead atoms. The third kappa shape index (κ3) is 6.25. The number of nitrogens with one attached hydrogen (secondary N) is 3. The smallest absolute Gasteiger partial charge is 0.209 e. The topological polar surface area (TPSA) is 83.1 Å². The van der Waals surface area contributed by atoms with Crippen molar-refractivity contribution in [2.75, 3.05) is 30.0 Å². The van der Waals surface area contributed by atoms with E-state index >= 15 is 0 Å². The zero-order valence-corrected chi connectivity index (χ0v) is 14.7. The normalized spacial score (nSPS) is 12.3. The molecular weight excluding hydrogens is 335 g/mol. The van der Waals surface area contributed by atoms with Crippen LogP contribution in [-0.2, 0) is 10.0 Å². The fourth-order valence-electron chi connectivity index (χ4n) is 1.72. The monoisotopic (exact) mass is 354 g/mol. The highest BCUT2D eigenvalue weighted by Crippen LogP contribution is 2.29. The molecule has 0 atom stereocenters. The van der Waals surface area contributed by atoms with E-state index < -0.39 is 15.6 Å². The van der Waals surface area contributed by atoms with Crippen LogP contribution in [-0.4, -0.2) is 38.3 Å². The van der Waals surface area contributed by atoms with Gasteiger partial charge in [-0.25, -0.2) is 18.1 Å². The van der Waals surface area contributed by atoms with Gasteiger partial charge in [0.25, 0.3) is 0 Å². The van der Waals surface area contributed by atoms with Crippen LogP contribution in [0.5, 0.6) is 0 Å². The Labute approximate surface area is 135 Å². The second kappa shape index (κ2) is 7.00. The Balaban J connectivity index is 2.86. The van der Waals surface area contributed by atoms with E-state index in [9.17, 15) is 8.42 Å². The number of hydrogen-bond acceptors (Lipinski definition) is 5. The quantitative estimate of drug-likeness (QED) is 0.700. The van der Waals surface area contributed by atoms with Crippen molar-refractivity contribution in [3.63, 3.8) is 0 Å². The van der Waals surface area contributed by atoms with Crippen molar-refractivity contribution in [2.45, 2.75) is 26.3 Å². The second-order valence-corrected chi connectivity index (χ2v) is 7.85. The van der Waals surface area contributed by atoms with Crippen molar-refractivity contribution in [3.05, 3.63) is 16.1 Å². The molecule has 1 aromatic heterocycles. The average molecular weight is 355 g/mol. The van der Waals surface area contributed by atoms with Crippen molar-refractivity contribution in [3.8, 4) is 0 Å². The molecule has 120 valence electrons. The molecule has 0 saturated carbocycles. The molecule has 0 aromatic carbocycles. The summed E-state index contributed by atoms with van der Waals surface area (Å²) in [5.41, 5.74) is -0.684. The molecule has 1 rings (SSSR count). The predicted molar refractivity (Wildman–Crippen MR) is 89.0 cm³/mol. The molecular formula is C12H20Cl2N4O2S. The van der Waals surface area contributed by atoms with Gasteiger partial charge < -0.3 is 10.6 Å². The number of sulfonamides is 1. The summed E-state index contributed by atoms with van der Waals surface area (Å²) in [6, 6.07) is 1.59. The molecule has 3 N–H and O–H groups in total. The van der Waals surface area contributed by atoms with Crippen molar-refractivity contribution >= 4 is 44.9 Å². The lowest BCUT2D eigenvalue weighted by Crippen LogP contribution is -2.47. The number of hydrogen-bond donors (Lipinski definition) is 3. The maximum Gasteiger partial charge on any atom is 0.209 e. The van der Waals surface area contributed by atoms with Crippen LogP contribution < -0.4 is 15.4 Å². The summed E-state index contributed by atoms with van der Waals surface area (Å²) in [4.78, 5) is 4.30. The van der Waals surface area contributed by atoms with E-state index in [2.05, 4.69) is 20.3 Å². The molecule has 9 heteroatoms. The standard InChI is InChI=1S/C12H20Cl2N4O2S/c1-5-15-10-8(13)6-9(14)11(17-10)16-7-12(2,3)18-21(4,19)20/h6,18H,5,7H2,1-4H3,(H2,15,16,17). The molecule has 0 aliphatic carbocycles. The Morgan fingerprint density at radius 2 is 1.71 bits per heavy atom. The lowest BCUT2D eigenvalue weighted by molar-refractivity contribution is 0.476. The Hall–Kier alpha value is -0.760. The highest BCUT2D eigenvalue weighted by atomic mass is 35.5. The number of halogens is 2. The molecule has 0 aliphatic rings. The van der Waals surface area contributed by atoms with Gasteiger partial charge in [-0.15, -0.1) is 0 Å². The molecule has 0 saturated heterocycles. The van der Waals surface area contributed by atoms with Crippen LogP contribution in [0.15, 0.2) is 6.07 Å². The lowest BCUT2D eigenvalue weighted by Gasteiger charge is -2.26. The van der Waals surface area contributed by atoms with Crippen LogP contribution in [0.25, 0.3) is 0 Å². The van der Waals surface area contributed by atoms with Gasteiger partial charge in [-0.1, -0.05) is 23.2 Å². The van der Waals surface area contributed by atoms with Crippen molar-refractivity contribution < 1.29 is 8.42 Å². The Kier molecular flexibility index (Phi) is 6.10. The number of nitrogens with zero attached hydrogens (tertiary/aromatic N) is 1.